The molecule has 10 heteroatoms. The number of carbonyl (C=O) groups excluding carboxylic acids is 2. The Kier molecular flexibility index (Phi) is 7.08. The lowest BCUT2D eigenvalue weighted by Crippen LogP contribution is -2.51. The van der Waals surface area contributed by atoms with Crippen LogP contribution < -0.4 is 10.2 Å². The van der Waals surface area contributed by atoms with Crippen molar-refractivity contribution in [1.82, 2.24) is 24.3 Å². The van der Waals surface area contributed by atoms with Crippen molar-refractivity contribution in [3.63, 3.8) is 0 Å². The van der Waals surface area contributed by atoms with Crippen LogP contribution in [0.15, 0.2) is 65.5 Å². The van der Waals surface area contributed by atoms with E-state index in [0.717, 1.165) is 53.6 Å². The van der Waals surface area contributed by atoms with Crippen molar-refractivity contribution in [2.45, 2.75) is 20.4 Å². The average molecular weight is 540 g/mol. The van der Waals surface area contributed by atoms with Gasteiger partial charge in [-0.25, -0.2) is 9.97 Å². The zero-order chi connectivity index (χ0) is 27.6. The molecule has 10 nitrogen and oxygen atoms in total. The highest BCUT2D eigenvalue weighted by Gasteiger charge is 2.28. The van der Waals surface area contributed by atoms with E-state index in [-0.39, 0.29) is 0 Å². The normalized spacial score (nSPS) is 14.1. The molecule has 0 unspecified atom stereocenters. The Morgan fingerprint density at radius 2 is 1.80 bits per heavy atom. The molecule has 206 valence electrons. The minimum Gasteiger partial charge on any atom is -0.450 e. The molecule has 0 atom stereocenters. The summed E-state index contributed by atoms with van der Waals surface area (Å²) in [5.74, 6) is -0.460. The molecule has 0 radical (unpaired) electrons. The summed E-state index contributed by atoms with van der Waals surface area (Å²) < 4.78 is 8.29. The summed E-state index contributed by atoms with van der Waals surface area (Å²) >= 11 is 0. The third-order valence-electron chi connectivity index (χ3n) is 7.78. The number of likely N-dealkylation sites (N-methyl/N-ethyl adjacent to an activating group) is 1. The summed E-state index contributed by atoms with van der Waals surface area (Å²) in [4.78, 5) is 40.8. The second-order valence-electron chi connectivity index (χ2n) is 10.0. The number of nitrogens with one attached hydrogen (secondary N) is 1. The Balaban J connectivity index is 1.08. The Labute approximate surface area is 232 Å². The number of benzene rings is 2. The number of anilines is 2. The summed E-state index contributed by atoms with van der Waals surface area (Å²) in [7, 11) is 0. The molecule has 1 aliphatic rings. The number of amides is 2. The highest BCUT2D eigenvalue weighted by molar-refractivity contribution is 6.39. The van der Waals surface area contributed by atoms with Crippen molar-refractivity contribution < 1.29 is 14.0 Å². The van der Waals surface area contributed by atoms with E-state index in [1.165, 1.54) is 0 Å². The van der Waals surface area contributed by atoms with E-state index in [1.807, 2.05) is 48.5 Å². The Hall–Kier alpha value is -4.44. The molecule has 1 fully saturated rings. The van der Waals surface area contributed by atoms with Gasteiger partial charge in [0, 0.05) is 67.4 Å². The van der Waals surface area contributed by atoms with Crippen LogP contribution in [0.4, 0.5) is 11.5 Å². The van der Waals surface area contributed by atoms with E-state index in [4.69, 9.17) is 4.42 Å². The molecule has 0 aliphatic carbocycles. The van der Waals surface area contributed by atoms with Gasteiger partial charge in [-0.15, -0.1) is 0 Å². The van der Waals surface area contributed by atoms with Crippen LogP contribution in [0.25, 0.3) is 33.0 Å². The van der Waals surface area contributed by atoms with E-state index in [2.05, 4.69) is 49.7 Å². The van der Waals surface area contributed by atoms with Gasteiger partial charge in [0.05, 0.1) is 0 Å². The predicted molar refractivity (Wildman–Crippen MR) is 156 cm³/mol. The monoisotopic (exact) mass is 539 g/mol. The molecule has 6 rings (SSSR count). The number of hydrogen-bond acceptors (Lipinski definition) is 7. The SMILES string of the molecule is CCN(CC)CCn1ccc2cc(NC(=O)C(=O)N3CCN(c4ncnc5c4oc4ccccc45)CC3)ccc21. The molecule has 2 aromatic carbocycles. The van der Waals surface area contributed by atoms with Crippen LogP contribution in [0.5, 0.6) is 0 Å². The van der Waals surface area contributed by atoms with Crippen molar-refractivity contribution in [2.24, 2.45) is 0 Å². The van der Waals surface area contributed by atoms with Crippen molar-refractivity contribution in [1.29, 1.82) is 0 Å². The summed E-state index contributed by atoms with van der Waals surface area (Å²) in [6.45, 7) is 10.2. The molecule has 1 N–H and O–H groups in total. The topological polar surface area (TPSA) is 99.7 Å². The number of para-hydroxylation sites is 1. The van der Waals surface area contributed by atoms with Gasteiger partial charge in [-0.1, -0.05) is 26.0 Å². The number of carbonyl (C=O) groups is 2. The molecule has 3 aromatic heterocycles. The first-order valence-electron chi connectivity index (χ1n) is 13.8. The minimum atomic E-state index is -0.629. The molecule has 1 saturated heterocycles. The summed E-state index contributed by atoms with van der Waals surface area (Å²) in [5, 5.41) is 4.77. The van der Waals surface area contributed by atoms with Gasteiger partial charge < -0.3 is 29.0 Å². The number of furan rings is 1. The first kappa shape index (κ1) is 25.8. The van der Waals surface area contributed by atoms with Gasteiger partial charge in [0.15, 0.2) is 11.4 Å². The predicted octanol–water partition coefficient (Wildman–Crippen LogP) is 3.96. The molecule has 0 saturated carbocycles. The molecule has 4 heterocycles. The largest absolute Gasteiger partial charge is 0.450 e. The van der Waals surface area contributed by atoms with E-state index in [0.29, 0.717) is 43.3 Å². The Bertz CT molecular complexity index is 1680. The maximum Gasteiger partial charge on any atom is 0.313 e. The van der Waals surface area contributed by atoms with Crippen LogP contribution in [0.2, 0.25) is 0 Å². The second-order valence-corrected chi connectivity index (χ2v) is 10.0. The molecule has 5 aromatic rings. The summed E-state index contributed by atoms with van der Waals surface area (Å²) in [5.41, 5.74) is 3.89. The first-order valence-corrected chi connectivity index (χ1v) is 13.8. The van der Waals surface area contributed by atoms with Gasteiger partial charge in [0.25, 0.3) is 0 Å². The maximum atomic E-state index is 13.0. The lowest BCUT2D eigenvalue weighted by Gasteiger charge is -2.34. The summed E-state index contributed by atoms with van der Waals surface area (Å²) in [6, 6.07) is 15.6. The lowest BCUT2D eigenvalue weighted by molar-refractivity contribution is -0.143. The number of rotatable bonds is 7. The van der Waals surface area contributed by atoms with Crippen LogP contribution in [0, 0.1) is 0 Å². The van der Waals surface area contributed by atoms with Gasteiger partial charge in [0.1, 0.15) is 17.4 Å². The average Bonchev–Trinajstić information content (AvgIpc) is 3.58. The fourth-order valence-electron chi connectivity index (χ4n) is 5.45. The van der Waals surface area contributed by atoms with E-state index in [9.17, 15) is 9.59 Å². The van der Waals surface area contributed by atoms with Gasteiger partial charge in [-0.2, -0.15) is 0 Å². The number of nitrogens with zero attached hydrogens (tertiary/aromatic N) is 6. The number of aromatic nitrogens is 3. The number of fused-ring (bicyclic) bond motifs is 4. The van der Waals surface area contributed by atoms with Crippen molar-refractivity contribution >= 4 is 56.3 Å². The molecular formula is C30H33N7O3. The number of piperazine rings is 1. The maximum absolute atomic E-state index is 13.0. The van der Waals surface area contributed by atoms with E-state index >= 15 is 0 Å². The highest BCUT2D eigenvalue weighted by Crippen LogP contribution is 2.32. The van der Waals surface area contributed by atoms with Crippen LogP contribution >= 0.6 is 0 Å². The third kappa shape index (κ3) is 4.86. The van der Waals surface area contributed by atoms with Crippen LogP contribution in [0.3, 0.4) is 0 Å². The Morgan fingerprint density at radius 3 is 2.60 bits per heavy atom. The van der Waals surface area contributed by atoms with Crippen LogP contribution in [-0.4, -0.2) is 82.0 Å². The minimum absolute atomic E-state index is 0.409. The molecule has 0 spiro atoms. The molecule has 2 amide bonds. The lowest BCUT2D eigenvalue weighted by atomic mass is 10.2. The molecular weight excluding hydrogens is 506 g/mol. The Morgan fingerprint density at radius 1 is 1.00 bits per heavy atom. The zero-order valence-corrected chi connectivity index (χ0v) is 22.8. The van der Waals surface area contributed by atoms with Gasteiger partial charge in [-0.3, -0.25) is 9.59 Å². The smallest absolute Gasteiger partial charge is 0.313 e. The molecule has 40 heavy (non-hydrogen) atoms. The standard InChI is InChI=1S/C30H33N7O3/c1-3-34(4-2)13-14-35-12-11-21-19-22(9-10-24(21)35)33-29(38)30(39)37-17-15-36(16-18-37)28-27-26(31-20-32-28)23-7-5-6-8-25(23)40-27/h5-12,19-20H,3-4,13-18H2,1-2H3,(H,33,38). The molecule has 1 aliphatic heterocycles. The number of hydrogen-bond donors (Lipinski definition) is 1. The fourth-order valence-corrected chi connectivity index (χ4v) is 5.45. The zero-order valence-electron chi connectivity index (χ0n) is 22.8. The highest BCUT2D eigenvalue weighted by atomic mass is 16.3. The fraction of sp³-hybridized carbons (Fsp3) is 0.333. The quantitative estimate of drug-likeness (QED) is 0.313. The van der Waals surface area contributed by atoms with Crippen molar-refractivity contribution in [2.75, 3.05) is 56.0 Å². The second kappa shape index (κ2) is 11.0. The van der Waals surface area contributed by atoms with E-state index < -0.39 is 11.8 Å². The van der Waals surface area contributed by atoms with Crippen molar-refractivity contribution in [3.8, 4) is 0 Å². The first-order chi connectivity index (χ1) is 19.6. The van der Waals surface area contributed by atoms with Crippen LogP contribution in [-0.2, 0) is 16.1 Å². The molecule has 0 bridgehead atoms. The van der Waals surface area contributed by atoms with Gasteiger partial charge >= 0.3 is 11.8 Å². The van der Waals surface area contributed by atoms with Gasteiger partial charge in [-0.05, 0) is 49.5 Å². The summed E-state index contributed by atoms with van der Waals surface area (Å²) in [6.07, 6.45) is 3.61. The van der Waals surface area contributed by atoms with Crippen LogP contribution in [0.1, 0.15) is 13.8 Å². The van der Waals surface area contributed by atoms with Crippen molar-refractivity contribution in [3.05, 3.63) is 61.1 Å². The van der Waals surface area contributed by atoms with Gasteiger partial charge in [0.2, 0.25) is 0 Å². The third-order valence-corrected chi connectivity index (χ3v) is 7.78. The van der Waals surface area contributed by atoms with E-state index in [1.54, 1.807) is 11.2 Å².